The molecule has 0 heterocycles. The highest BCUT2D eigenvalue weighted by molar-refractivity contribution is 4.43. The molecular weight excluding hydrogens is 104 g/mol. The van der Waals surface area contributed by atoms with Crippen LogP contribution >= 0.6 is 0 Å². The minimum absolute atomic E-state index is 0. The highest BCUT2D eigenvalue weighted by Crippen LogP contribution is 1.97. The van der Waals surface area contributed by atoms with E-state index in [2.05, 4.69) is 18.7 Å². The molecule has 0 saturated carbocycles. The highest BCUT2D eigenvalue weighted by atomic mass is 16.6. The van der Waals surface area contributed by atoms with E-state index in [1.165, 1.54) is 0 Å². The van der Waals surface area contributed by atoms with Gasteiger partial charge in [-0.15, -0.1) is 0 Å². The standard InChI is InChI=1S/C5H13NO.H3N/c1-3-5(2)4-7-6;/h5H,3-4,6H2,1-2H3;1H3. The van der Waals surface area contributed by atoms with Crippen LogP contribution in [0.2, 0.25) is 0 Å². The first-order valence-corrected chi connectivity index (χ1v) is 2.63. The summed E-state index contributed by atoms with van der Waals surface area (Å²) >= 11 is 0. The van der Waals surface area contributed by atoms with E-state index in [1.54, 1.807) is 0 Å². The first-order chi connectivity index (χ1) is 3.31. The molecule has 52 valence electrons. The van der Waals surface area contributed by atoms with Gasteiger partial charge in [-0.3, -0.25) is 0 Å². The molecule has 0 amide bonds. The first-order valence-electron chi connectivity index (χ1n) is 2.63. The molecule has 5 N–H and O–H groups in total. The van der Waals surface area contributed by atoms with Crippen molar-refractivity contribution in [2.24, 2.45) is 11.8 Å². The zero-order chi connectivity index (χ0) is 5.70. The molecule has 0 radical (unpaired) electrons. The molecule has 8 heavy (non-hydrogen) atoms. The molecule has 0 spiro atoms. The molecule has 0 aliphatic rings. The summed E-state index contributed by atoms with van der Waals surface area (Å²) in [6, 6.07) is 0. The first kappa shape index (κ1) is 10.8. The Hall–Kier alpha value is -0.120. The van der Waals surface area contributed by atoms with Crippen LogP contribution in [0.1, 0.15) is 20.3 Å². The van der Waals surface area contributed by atoms with Crippen molar-refractivity contribution in [3.05, 3.63) is 0 Å². The van der Waals surface area contributed by atoms with Gasteiger partial charge in [0, 0.05) is 0 Å². The van der Waals surface area contributed by atoms with Gasteiger partial charge in [-0.2, -0.15) is 0 Å². The van der Waals surface area contributed by atoms with Gasteiger partial charge in [0.15, 0.2) is 0 Å². The van der Waals surface area contributed by atoms with E-state index >= 15 is 0 Å². The molecule has 3 nitrogen and oxygen atoms in total. The summed E-state index contributed by atoms with van der Waals surface area (Å²) < 4.78 is 0. The van der Waals surface area contributed by atoms with E-state index in [-0.39, 0.29) is 6.15 Å². The summed E-state index contributed by atoms with van der Waals surface area (Å²) in [5, 5.41) is 0. The minimum Gasteiger partial charge on any atom is -0.344 e. The van der Waals surface area contributed by atoms with E-state index < -0.39 is 0 Å². The molecular formula is C5H16N2O. The molecule has 0 fully saturated rings. The number of rotatable bonds is 3. The summed E-state index contributed by atoms with van der Waals surface area (Å²) in [5.74, 6) is 5.41. The fourth-order valence-corrected chi connectivity index (χ4v) is 0.282. The van der Waals surface area contributed by atoms with Crippen LogP contribution in [0.15, 0.2) is 0 Å². The smallest absolute Gasteiger partial charge is 0.0704 e. The maximum absolute atomic E-state index is 4.80. The minimum atomic E-state index is 0. The Morgan fingerprint density at radius 2 is 2.12 bits per heavy atom. The Labute approximate surface area is 50.7 Å². The molecule has 0 aromatic carbocycles. The van der Waals surface area contributed by atoms with Crippen molar-refractivity contribution in [2.45, 2.75) is 20.3 Å². The molecule has 0 rings (SSSR count). The summed E-state index contributed by atoms with van der Waals surface area (Å²) in [7, 11) is 0. The Morgan fingerprint density at radius 3 is 2.25 bits per heavy atom. The molecule has 0 aromatic heterocycles. The normalized spacial score (nSPS) is 12.4. The van der Waals surface area contributed by atoms with Crippen molar-refractivity contribution >= 4 is 0 Å². The maximum Gasteiger partial charge on any atom is 0.0704 e. The van der Waals surface area contributed by atoms with Gasteiger partial charge in [0.2, 0.25) is 0 Å². The van der Waals surface area contributed by atoms with Gasteiger partial charge in [-0.05, 0) is 5.92 Å². The predicted molar refractivity (Wildman–Crippen MR) is 34.6 cm³/mol. The maximum atomic E-state index is 4.80. The lowest BCUT2D eigenvalue weighted by Crippen LogP contribution is -2.08. The molecule has 0 aromatic rings. The van der Waals surface area contributed by atoms with Crippen LogP contribution in [-0.2, 0) is 4.84 Å². The van der Waals surface area contributed by atoms with Crippen LogP contribution in [0.5, 0.6) is 0 Å². The van der Waals surface area contributed by atoms with Crippen molar-refractivity contribution in [1.29, 1.82) is 0 Å². The van der Waals surface area contributed by atoms with E-state index in [0.717, 1.165) is 6.42 Å². The van der Waals surface area contributed by atoms with Gasteiger partial charge in [-0.1, -0.05) is 20.3 Å². The fourth-order valence-electron chi connectivity index (χ4n) is 0.282. The van der Waals surface area contributed by atoms with Gasteiger partial charge >= 0.3 is 0 Å². The Balaban J connectivity index is 0. The van der Waals surface area contributed by atoms with Gasteiger partial charge in [-0.25, -0.2) is 5.90 Å². The average Bonchev–Trinajstić information content (AvgIpc) is 1.68. The lowest BCUT2D eigenvalue weighted by atomic mass is 10.1. The van der Waals surface area contributed by atoms with Gasteiger partial charge in [0.05, 0.1) is 6.61 Å². The summed E-state index contributed by atoms with van der Waals surface area (Å²) in [4.78, 5) is 4.39. The number of hydrogen-bond donors (Lipinski definition) is 2. The largest absolute Gasteiger partial charge is 0.344 e. The van der Waals surface area contributed by atoms with E-state index in [4.69, 9.17) is 5.90 Å². The topological polar surface area (TPSA) is 70.2 Å². The van der Waals surface area contributed by atoms with Crippen molar-refractivity contribution in [3.8, 4) is 0 Å². The summed E-state index contributed by atoms with van der Waals surface area (Å²) in [5.41, 5.74) is 0. The molecule has 1 unspecified atom stereocenters. The van der Waals surface area contributed by atoms with Crippen LogP contribution in [-0.4, -0.2) is 6.61 Å². The number of nitrogens with two attached hydrogens (primary N) is 1. The van der Waals surface area contributed by atoms with Crippen molar-refractivity contribution in [2.75, 3.05) is 6.61 Å². The zero-order valence-electron chi connectivity index (χ0n) is 5.68. The molecule has 3 heteroatoms. The van der Waals surface area contributed by atoms with Crippen molar-refractivity contribution in [3.63, 3.8) is 0 Å². The summed E-state index contributed by atoms with van der Waals surface area (Å²) in [6.07, 6.45) is 1.14. The second kappa shape index (κ2) is 6.88. The third-order valence-corrected chi connectivity index (χ3v) is 1.08. The predicted octanol–water partition coefficient (Wildman–Crippen LogP) is 1.08. The third-order valence-electron chi connectivity index (χ3n) is 1.08. The zero-order valence-corrected chi connectivity index (χ0v) is 5.68. The van der Waals surface area contributed by atoms with Gasteiger partial charge < -0.3 is 11.0 Å². The van der Waals surface area contributed by atoms with Crippen LogP contribution < -0.4 is 12.0 Å². The Morgan fingerprint density at radius 1 is 1.62 bits per heavy atom. The average molecular weight is 120 g/mol. The molecule has 0 saturated heterocycles. The van der Waals surface area contributed by atoms with Crippen LogP contribution in [0.4, 0.5) is 0 Å². The second-order valence-corrected chi connectivity index (χ2v) is 1.85. The van der Waals surface area contributed by atoms with E-state index in [1.807, 2.05) is 0 Å². The third kappa shape index (κ3) is 5.88. The van der Waals surface area contributed by atoms with Gasteiger partial charge in [0.25, 0.3) is 0 Å². The van der Waals surface area contributed by atoms with Crippen molar-refractivity contribution in [1.82, 2.24) is 6.15 Å². The van der Waals surface area contributed by atoms with Crippen molar-refractivity contribution < 1.29 is 4.84 Å². The van der Waals surface area contributed by atoms with E-state index in [9.17, 15) is 0 Å². The molecule has 0 bridgehead atoms. The quantitative estimate of drug-likeness (QED) is 0.547. The molecule has 0 aliphatic carbocycles. The molecule has 1 atom stereocenters. The second-order valence-electron chi connectivity index (χ2n) is 1.85. The monoisotopic (exact) mass is 120 g/mol. The fraction of sp³-hybridized carbons (Fsp3) is 1.00. The Bertz CT molecular complexity index is 41.4. The van der Waals surface area contributed by atoms with Crippen LogP contribution in [0.3, 0.4) is 0 Å². The number of hydrogen-bond acceptors (Lipinski definition) is 3. The van der Waals surface area contributed by atoms with Crippen LogP contribution in [0.25, 0.3) is 0 Å². The highest BCUT2D eigenvalue weighted by Gasteiger charge is 1.93. The summed E-state index contributed by atoms with van der Waals surface area (Å²) in [6.45, 7) is 4.90. The van der Waals surface area contributed by atoms with Crippen LogP contribution in [0, 0.1) is 5.92 Å². The lowest BCUT2D eigenvalue weighted by Gasteiger charge is -2.02. The van der Waals surface area contributed by atoms with Gasteiger partial charge in [0.1, 0.15) is 0 Å². The SMILES string of the molecule is CCC(C)CON.N. The lowest BCUT2D eigenvalue weighted by molar-refractivity contribution is 0.106. The molecule has 0 aliphatic heterocycles. The van der Waals surface area contributed by atoms with E-state index in [0.29, 0.717) is 12.5 Å². The Kier molecular flexibility index (Phi) is 9.28.